The normalized spacial score (nSPS) is 12.2. The van der Waals surface area contributed by atoms with Gasteiger partial charge in [0, 0.05) is 19.8 Å². The molecule has 0 saturated carbocycles. The van der Waals surface area contributed by atoms with Crippen LogP contribution in [0.15, 0.2) is 12.3 Å². The van der Waals surface area contributed by atoms with E-state index in [0.717, 1.165) is 16.9 Å². The summed E-state index contributed by atoms with van der Waals surface area (Å²) >= 11 is 5.05. The molecule has 0 aromatic carbocycles. The van der Waals surface area contributed by atoms with Gasteiger partial charge >= 0.3 is 0 Å². The van der Waals surface area contributed by atoms with Crippen LogP contribution in [0.3, 0.4) is 0 Å². The highest BCUT2D eigenvalue weighted by Gasteiger charge is 2.13. The summed E-state index contributed by atoms with van der Waals surface area (Å²) in [5, 5.41) is 9.28. The summed E-state index contributed by atoms with van der Waals surface area (Å²) in [5.74, 6) is 0.776. The van der Waals surface area contributed by atoms with Crippen molar-refractivity contribution in [3.63, 3.8) is 0 Å². The zero-order chi connectivity index (χ0) is 13.0. The minimum atomic E-state index is -0.324. The number of hydrogen-bond donors (Lipinski definition) is 2. The van der Waals surface area contributed by atoms with Crippen LogP contribution in [0.1, 0.15) is 24.5 Å². The van der Waals surface area contributed by atoms with Crippen molar-refractivity contribution in [2.24, 2.45) is 5.73 Å². The van der Waals surface area contributed by atoms with Crippen LogP contribution in [0.25, 0.3) is 0 Å². The van der Waals surface area contributed by atoms with Gasteiger partial charge in [-0.05, 0) is 31.9 Å². The fourth-order valence-corrected chi connectivity index (χ4v) is 1.88. The van der Waals surface area contributed by atoms with E-state index in [0.29, 0.717) is 18.0 Å². The van der Waals surface area contributed by atoms with Gasteiger partial charge in [0.2, 0.25) is 0 Å². The molecule has 0 aliphatic heterocycles. The minimum Gasteiger partial charge on any atom is -0.393 e. The highest BCUT2D eigenvalue weighted by atomic mass is 32.1. The molecule has 0 bridgehead atoms. The smallest absolute Gasteiger partial charge is 0.138 e. The summed E-state index contributed by atoms with van der Waals surface area (Å²) in [6, 6.07) is 1.89. The fourth-order valence-electron chi connectivity index (χ4n) is 1.62. The number of hydrogen-bond acceptors (Lipinski definition) is 4. The summed E-state index contributed by atoms with van der Waals surface area (Å²) in [5.41, 5.74) is 7.56. The first-order chi connectivity index (χ1) is 7.93. The van der Waals surface area contributed by atoms with Crippen LogP contribution >= 0.6 is 12.2 Å². The molecule has 0 aliphatic rings. The molecule has 1 atom stereocenters. The van der Waals surface area contributed by atoms with Crippen LogP contribution < -0.4 is 10.6 Å². The average molecular weight is 253 g/mol. The maximum Gasteiger partial charge on any atom is 0.138 e. The highest BCUT2D eigenvalue weighted by molar-refractivity contribution is 7.80. The SMILES string of the molecule is Cc1ccnc(N(C)CCC(C)O)c1C(N)=S. The summed E-state index contributed by atoms with van der Waals surface area (Å²) < 4.78 is 0. The van der Waals surface area contributed by atoms with Gasteiger partial charge in [-0.1, -0.05) is 12.2 Å². The van der Waals surface area contributed by atoms with Crippen LogP contribution in [0.4, 0.5) is 5.82 Å². The van der Waals surface area contributed by atoms with Gasteiger partial charge in [0.1, 0.15) is 10.8 Å². The van der Waals surface area contributed by atoms with E-state index in [2.05, 4.69) is 4.98 Å². The lowest BCUT2D eigenvalue weighted by molar-refractivity contribution is 0.187. The lowest BCUT2D eigenvalue weighted by Gasteiger charge is -2.22. The number of thiocarbonyl (C=S) groups is 1. The Morgan fingerprint density at radius 3 is 2.82 bits per heavy atom. The van der Waals surface area contributed by atoms with Gasteiger partial charge in [0.15, 0.2) is 0 Å². The van der Waals surface area contributed by atoms with Crippen molar-refractivity contribution >= 4 is 23.0 Å². The third-order valence-corrected chi connectivity index (χ3v) is 2.83. The van der Waals surface area contributed by atoms with E-state index in [9.17, 15) is 5.11 Å². The van der Waals surface area contributed by atoms with E-state index in [1.807, 2.05) is 24.9 Å². The molecule has 1 rings (SSSR count). The zero-order valence-corrected chi connectivity index (χ0v) is 11.3. The summed E-state index contributed by atoms with van der Waals surface area (Å²) in [7, 11) is 1.92. The first kappa shape index (κ1) is 13.9. The molecule has 0 aliphatic carbocycles. The molecule has 0 saturated heterocycles. The van der Waals surface area contributed by atoms with Crippen molar-refractivity contribution in [2.75, 3.05) is 18.5 Å². The van der Waals surface area contributed by atoms with E-state index in [1.165, 1.54) is 0 Å². The van der Waals surface area contributed by atoms with Gasteiger partial charge in [0.25, 0.3) is 0 Å². The number of nitrogens with zero attached hydrogens (tertiary/aromatic N) is 2. The predicted octanol–water partition coefficient (Wildman–Crippen LogP) is 1.23. The first-order valence-corrected chi connectivity index (χ1v) is 5.99. The molecule has 4 nitrogen and oxygen atoms in total. The van der Waals surface area contributed by atoms with Crippen molar-refractivity contribution in [1.82, 2.24) is 4.98 Å². The third-order valence-electron chi connectivity index (χ3n) is 2.63. The standard InChI is InChI=1S/C12H19N3OS/c1-8-4-6-14-12(10(8)11(13)17)15(3)7-5-9(2)16/h4,6,9,16H,5,7H2,1-3H3,(H2,13,17). The maximum absolute atomic E-state index is 9.28. The second-order valence-corrected chi connectivity index (χ2v) is 4.69. The second kappa shape index (κ2) is 5.93. The van der Waals surface area contributed by atoms with Crippen molar-refractivity contribution in [2.45, 2.75) is 26.4 Å². The molecule has 1 unspecified atom stereocenters. The van der Waals surface area contributed by atoms with E-state index in [1.54, 1.807) is 13.1 Å². The average Bonchev–Trinajstić information content (AvgIpc) is 2.24. The van der Waals surface area contributed by atoms with Crippen LogP contribution in [0, 0.1) is 6.92 Å². The molecule has 0 spiro atoms. The maximum atomic E-state index is 9.28. The molecular formula is C12H19N3OS. The Hall–Kier alpha value is -1.20. The number of anilines is 1. The number of aryl methyl sites for hydroxylation is 1. The molecule has 3 N–H and O–H groups in total. The number of aliphatic hydroxyl groups excluding tert-OH is 1. The van der Waals surface area contributed by atoms with Crippen molar-refractivity contribution in [1.29, 1.82) is 0 Å². The largest absolute Gasteiger partial charge is 0.393 e. The summed E-state index contributed by atoms with van der Waals surface area (Å²) in [6.07, 6.45) is 2.10. The molecule has 1 aromatic rings. The Kier molecular flexibility index (Phi) is 4.84. The Morgan fingerprint density at radius 1 is 1.65 bits per heavy atom. The Labute approximate surface area is 107 Å². The van der Waals surface area contributed by atoms with E-state index >= 15 is 0 Å². The Bertz CT molecular complexity index is 407. The monoisotopic (exact) mass is 253 g/mol. The molecule has 17 heavy (non-hydrogen) atoms. The van der Waals surface area contributed by atoms with Crippen LogP contribution in [-0.4, -0.2) is 34.8 Å². The van der Waals surface area contributed by atoms with E-state index in [-0.39, 0.29) is 6.10 Å². The first-order valence-electron chi connectivity index (χ1n) is 5.58. The van der Waals surface area contributed by atoms with E-state index < -0.39 is 0 Å². The molecule has 1 heterocycles. The van der Waals surface area contributed by atoms with Gasteiger partial charge < -0.3 is 15.7 Å². The minimum absolute atomic E-state index is 0.324. The number of aromatic nitrogens is 1. The van der Waals surface area contributed by atoms with Crippen molar-refractivity contribution < 1.29 is 5.11 Å². The van der Waals surface area contributed by atoms with Crippen molar-refractivity contribution in [3.8, 4) is 0 Å². The van der Waals surface area contributed by atoms with Gasteiger partial charge in [-0.25, -0.2) is 4.98 Å². The predicted molar refractivity (Wildman–Crippen MR) is 74.4 cm³/mol. The van der Waals surface area contributed by atoms with Crippen LogP contribution in [0.5, 0.6) is 0 Å². The molecule has 0 fully saturated rings. The second-order valence-electron chi connectivity index (χ2n) is 4.25. The third kappa shape index (κ3) is 3.64. The van der Waals surface area contributed by atoms with Crippen molar-refractivity contribution in [3.05, 3.63) is 23.4 Å². The summed E-state index contributed by atoms with van der Waals surface area (Å²) in [4.78, 5) is 6.64. The quantitative estimate of drug-likeness (QED) is 0.773. The molecular weight excluding hydrogens is 234 g/mol. The van der Waals surface area contributed by atoms with Crippen LogP contribution in [-0.2, 0) is 0 Å². The number of pyridine rings is 1. The molecule has 5 heteroatoms. The Balaban J connectivity index is 2.96. The van der Waals surface area contributed by atoms with Gasteiger partial charge in [-0.15, -0.1) is 0 Å². The van der Waals surface area contributed by atoms with Gasteiger partial charge in [-0.2, -0.15) is 0 Å². The molecule has 0 radical (unpaired) electrons. The van der Waals surface area contributed by atoms with Gasteiger partial charge in [-0.3, -0.25) is 0 Å². The number of nitrogens with two attached hydrogens (primary N) is 1. The van der Waals surface area contributed by atoms with Gasteiger partial charge in [0.05, 0.1) is 11.7 Å². The topological polar surface area (TPSA) is 62.4 Å². The van der Waals surface area contributed by atoms with Crippen LogP contribution in [0.2, 0.25) is 0 Å². The highest BCUT2D eigenvalue weighted by Crippen LogP contribution is 2.20. The zero-order valence-electron chi connectivity index (χ0n) is 10.5. The molecule has 1 aromatic heterocycles. The Morgan fingerprint density at radius 2 is 2.29 bits per heavy atom. The fraction of sp³-hybridized carbons (Fsp3) is 0.500. The number of rotatable bonds is 5. The number of aliphatic hydroxyl groups is 1. The molecule has 0 amide bonds. The summed E-state index contributed by atoms with van der Waals surface area (Å²) in [6.45, 7) is 4.44. The molecule has 94 valence electrons. The lowest BCUT2D eigenvalue weighted by Crippen LogP contribution is -2.26. The van der Waals surface area contributed by atoms with E-state index in [4.69, 9.17) is 18.0 Å². The lowest BCUT2D eigenvalue weighted by atomic mass is 10.1.